The molecule has 0 spiro atoms. The minimum Gasteiger partial charge on any atom is -0.494 e. The van der Waals surface area contributed by atoms with E-state index in [4.69, 9.17) is 4.74 Å². The SMILES string of the molecule is CC.CC.CC.COc1cc([N+](=O)[O-])ccc1NC(=O)CN1CCN(C)CC1. The van der Waals surface area contributed by atoms with Crippen molar-refractivity contribution in [3.8, 4) is 5.75 Å². The fourth-order valence-corrected chi connectivity index (χ4v) is 2.30. The largest absolute Gasteiger partial charge is 0.494 e. The highest BCUT2D eigenvalue weighted by Crippen LogP contribution is 2.28. The zero-order valence-corrected chi connectivity index (χ0v) is 18.7. The first-order valence-corrected chi connectivity index (χ1v) is 10.0. The van der Waals surface area contributed by atoms with E-state index in [1.807, 2.05) is 41.5 Å². The molecule has 0 saturated carbocycles. The third kappa shape index (κ3) is 10.2. The third-order valence-electron chi connectivity index (χ3n) is 3.63. The summed E-state index contributed by atoms with van der Waals surface area (Å²) in [5.74, 6) is 0.123. The molecule has 162 valence electrons. The van der Waals surface area contributed by atoms with Gasteiger partial charge in [0.2, 0.25) is 5.91 Å². The molecule has 2 rings (SSSR count). The van der Waals surface area contributed by atoms with Gasteiger partial charge < -0.3 is 15.0 Å². The summed E-state index contributed by atoms with van der Waals surface area (Å²) in [4.78, 5) is 26.6. The number of anilines is 1. The fraction of sp³-hybridized carbons (Fsp3) is 0.650. The molecule has 1 fully saturated rings. The van der Waals surface area contributed by atoms with Gasteiger partial charge in [-0.3, -0.25) is 19.8 Å². The zero-order chi connectivity index (χ0) is 22.1. The summed E-state index contributed by atoms with van der Waals surface area (Å²) < 4.78 is 5.10. The Bertz CT molecular complexity index is 559. The molecule has 0 unspecified atom stereocenters. The maximum atomic E-state index is 12.1. The van der Waals surface area contributed by atoms with Crippen molar-refractivity contribution in [3.63, 3.8) is 0 Å². The molecule has 1 aromatic carbocycles. The number of amides is 1. The highest BCUT2D eigenvalue weighted by molar-refractivity contribution is 5.93. The van der Waals surface area contributed by atoms with Gasteiger partial charge in [0.15, 0.2) is 0 Å². The number of nitrogens with zero attached hydrogens (tertiary/aromatic N) is 3. The zero-order valence-electron chi connectivity index (χ0n) is 18.7. The van der Waals surface area contributed by atoms with Crippen molar-refractivity contribution in [1.82, 2.24) is 9.80 Å². The Kier molecular flexibility index (Phi) is 17.0. The van der Waals surface area contributed by atoms with Crippen LogP contribution in [0.2, 0.25) is 0 Å². The molecule has 0 aromatic heterocycles. The first kappa shape index (κ1) is 28.0. The van der Waals surface area contributed by atoms with E-state index in [0.717, 1.165) is 26.2 Å². The molecule has 8 nitrogen and oxygen atoms in total. The van der Waals surface area contributed by atoms with E-state index < -0.39 is 4.92 Å². The van der Waals surface area contributed by atoms with Crippen LogP contribution >= 0.6 is 0 Å². The second-order valence-corrected chi connectivity index (χ2v) is 5.27. The lowest BCUT2D eigenvalue weighted by Crippen LogP contribution is -2.47. The number of ether oxygens (including phenoxy) is 1. The van der Waals surface area contributed by atoms with Crippen molar-refractivity contribution in [2.45, 2.75) is 41.5 Å². The predicted octanol–water partition coefficient (Wildman–Crippen LogP) is 3.87. The fourth-order valence-electron chi connectivity index (χ4n) is 2.30. The minimum absolute atomic E-state index is 0.0751. The summed E-state index contributed by atoms with van der Waals surface area (Å²) in [6.45, 7) is 15.9. The van der Waals surface area contributed by atoms with E-state index >= 15 is 0 Å². The van der Waals surface area contributed by atoms with Crippen LogP contribution in [0.15, 0.2) is 18.2 Å². The van der Waals surface area contributed by atoms with Gasteiger partial charge in [-0.15, -0.1) is 0 Å². The molecule has 0 bridgehead atoms. The summed E-state index contributed by atoms with van der Waals surface area (Å²) >= 11 is 0. The van der Waals surface area contributed by atoms with Gasteiger partial charge in [0.05, 0.1) is 30.3 Å². The predicted molar refractivity (Wildman–Crippen MR) is 116 cm³/mol. The van der Waals surface area contributed by atoms with Crippen LogP contribution in [-0.4, -0.2) is 67.5 Å². The number of nitro groups is 1. The van der Waals surface area contributed by atoms with E-state index in [2.05, 4.69) is 22.2 Å². The van der Waals surface area contributed by atoms with Gasteiger partial charge in [0.25, 0.3) is 5.69 Å². The Hall–Kier alpha value is -2.19. The molecule has 1 N–H and O–H groups in total. The molecule has 0 atom stereocenters. The van der Waals surface area contributed by atoms with Gasteiger partial charge in [0, 0.05) is 32.2 Å². The van der Waals surface area contributed by atoms with Crippen LogP contribution in [0.1, 0.15) is 41.5 Å². The van der Waals surface area contributed by atoms with Crippen LogP contribution in [0.4, 0.5) is 11.4 Å². The first-order valence-electron chi connectivity index (χ1n) is 10.0. The van der Waals surface area contributed by atoms with Crippen molar-refractivity contribution >= 4 is 17.3 Å². The van der Waals surface area contributed by atoms with Crippen molar-refractivity contribution in [2.75, 3.05) is 52.2 Å². The molecule has 0 radical (unpaired) electrons. The van der Waals surface area contributed by atoms with Crippen LogP contribution in [0.25, 0.3) is 0 Å². The van der Waals surface area contributed by atoms with Gasteiger partial charge in [-0.25, -0.2) is 0 Å². The van der Waals surface area contributed by atoms with Crippen molar-refractivity contribution in [1.29, 1.82) is 0 Å². The van der Waals surface area contributed by atoms with Crippen LogP contribution in [0, 0.1) is 10.1 Å². The number of methoxy groups -OCH3 is 1. The average molecular weight is 399 g/mol. The van der Waals surface area contributed by atoms with Gasteiger partial charge in [-0.05, 0) is 13.1 Å². The molecule has 1 aromatic rings. The number of likely N-dealkylation sites (N-methyl/N-ethyl adjacent to an activating group) is 1. The lowest BCUT2D eigenvalue weighted by atomic mass is 10.2. The Morgan fingerprint density at radius 1 is 1.11 bits per heavy atom. The number of benzene rings is 1. The average Bonchev–Trinajstić information content (AvgIpc) is 2.74. The molecule has 1 heterocycles. The topological polar surface area (TPSA) is 87.9 Å². The van der Waals surface area contributed by atoms with Crippen LogP contribution in [0.5, 0.6) is 5.75 Å². The number of carbonyl (C=O) groups excluding carboxylic acids is 1. The van der Waals surface area contributed by atoms with E-state index in [-0.39, 0.29) is 17.3 Å². The van der Waals surface area contributed by atoms with Crippen molar-refractivity contribution in [3.05, 3.63) is 28.3 Å². The van der Waals surface area contributed by atoms with Crippen LogP contribution in [0.3, 0.4) is 0 Å². The third-order valence-corrected chi connectivity index (χ3v) is 3.63. The maximum absolute atomic E-state index is 12.1. The van der Waals surface area contributed by atoms with E-state index in [1.54, 1.807) is 0 Å². The van der Waals surface area contributed by atoms with Crippen LogP contribution in [-0.2, 0) is 4.79 Å². The number of rotatable bonds is 5. The number of carbonyl (C=O) groups is 1. The number of hydrogen-bond acceptors (Lipinski definition) is 6. The Morgan fingerprint density at radius 3 is 2.11 bits per heavy atom. The van der Waals surface area contributed by atoms with Crippen molar-refractivity contribution < 1.29 is 14.5 Å². The molecular formula is C20H38N4O4. The molecular weight excluding hydrogens is 360 g/mol. The summed E-state index contributed by atoms with van der Waals surface area (Å²) in [7, 11) is 3.47. The second-order valence-electron chi connectivity index (χ2n) is 5.27. The van der Waals surface area contributed by atoms with E-state index in [9.17, 15) is 14.9 Å². The summed E-state index contributed by atoms with van der Waals surface area (Å²) in [5.41, 5.74) is 0.362. The number of piperazine rings is 1. The van der Waals surface area contributed by atoms with E-state index in [0.29, 0.717) is 12.2 Å². The summed E-state index contributed by atoms with van der Waals surface area (Å²) in [6, 6.07) is 4.12. The summed E-state index contributed by atoms with van der Waals surface area (Å²) in [5, 5.41) is 13.5. The second kappa shape index (κ2) is 16.9. The molecule has 0 aliphatic carbocycles. The Morgan fingerprint density at radius 2 is 1.64 bits per heavy atom. The lowest BCUT2D eigenvalue weighted by Gasteiger charge is -2.31. The number of nitro benzene ring substituents is 1. The Balaban J connectivity index is 0. The molecule has 1 aliphatic rings. The van der Waals surface area contributed by atoms with Gasteiger partial charge in [0.1, 0.15) is 5.75 Å². The van der Waals surface area contributed by atoms with E-state index in [1.165, 1.54) is 25.3 Å². The smallest absolute Gasteiger partial charge is 0.273 e. The quantitative estimate of drug-likeness (QED) is 0.598. The highest BCUT2D eigenvalue weighted by Gasteiger charge is 2.18. The van der Waals surface area contributed by atoms with Crippen LogP contribution < -0.4 is 10.1 Å². The lowest BCUT2D eigenvalue weighted by molar-refractivity contribution is -0.384. The first-order chi connectivity index (χ1) is 13.5. The maximum Gasteiger partial charge on any atom is 0.273 e. The standard InChI is InChI=1S/C14H20N4O4.3C2H6/c1-16-5-7-17(8-6-16)10-14(19)15-12-4-3-11(18(20)21)9-13(12)22-2;3*1-2/h3-4,9H,5-8,10H2,1-2H3,(H,15,19);3*1-2H3. The highest BCUT2D eigenvalue weighted by atomic mass is 16.6. The monoisotopic (exact) mass is 398 g/mol. The van der Waals surface area contributed by atoms with Gasteiger partial charge >= 0.3 is 0 Å². The number of non-ortho nitro benzene ring substituents is 1. The van der Waals surface area contributed by atoms with Gasteiger partial charge in [-0.2, -0.15) is 0 Å². The molecule has 1 aliphatic heterocycles. The normalized spacial score (nSPS) is 13.4. The van der Waals surface area contributed by atoms with Crippen molar-refractivity contribution in [2.24, 2.45) is 0 Å². The number of hydrogen-bond donors (Lipinski definition) is 1. The van der Waals surface area contributed by atoms with Gasteiger partial charge in [-0.1, -0.05) is 41.5 Å². The Labute approximate surface area is 170 Å². The molecule has 8 heteroatoms. The number of nitrogens with one attached hydrogen (secondary N) is 1. The molecule has 1 amide bonds. The molecule has 1 saturated heterocycles. The minimum atomic E-state index is -0.502. The molecule has 28 heavy (non-hydrogen) atoms. The summed E-state index contributed by atoms with van der Waals surface area (Å²) in [6.07, 6.45) is 0.